The molecule has 2 aromatic rings. The summed E-state index contributed by atoms with van der Waals surface area (Å²) in [6, 6.07) is 5.88. The predicted octanol–water partition coefficient (Wildman–Crippen LogP) is 2.94. The third-order valence-corrected chi connectivity index (χ3v) is 2.92. The number of aromatic nitrogens is 1. The molecule has 2 rings (SSSR count). The Labute approximate surface area is 100.0 Å². The maximum atomic E-state index is 8.74. The van der Waals surface area contributed by atoms with Crippen molar-refractivity contribution in [3.05, 3.63) is 33.9 Å². The van der Waals surface area contributed by atoms with Crippen molar-refractivity contribution < 1.29 is 14.4 Å². The number of nitrogens with one attached hydrogen (secondary N) is 1. The van der Waals surface area contributed by atoms with Gasteiger partial charge < -0.3 is 14.8 Å². The number of halogens is 2. The molecule has 0 radical (unpaired) electrons. The van der Waals surface area contributed by atoms with E-state index in [-0.39, 0.29) is 0 Å². The van der Waals surface area contributed by atoms with Crippen LogP contribution in [0.3, 0.4) is 0 Å². The molecule has 7 heteroatoms. The second-order valence-corrected chi connectivity index (χ2v) is 4.38. The lowest BCUT2D eigenvalue weighted by Crippen LogP contribution is -1.70. The zero-order valence-corrected chi connectivity index (χ0v) is 10.7. The normalized spacial score (nSPS) is 10.2. The quantitative estimate of drug-likeness (QED) is 0.655. The highest BCUT2D eigenvalue weighted by Gasteiger charge is 2.02. The lowest BCUT2D eigenvalue weighted by molar-refractivity contribution is 0.405. The summed E-state index contributed by atoms with van der Waals surface area (Å²) in [6.07, 6.45) is 1.88. The van der Waals surface area contributed by atoms with E-state index >= 15 is 0 Å². The van der Waals surface area contributed by atoms with Crippen LogP contribution in [0.5, 0.6) is 0 Å². The van der Waals surface area contributed by atoms with E-state index < -0.39 is 8.25 Å². The van der Waals surface area contributed by atoms with E-state index in [0.717, 1.165) is 20.4 Å². The molecule has 3 N–H and O–H groups in total. The van der Waals surface area contributed by atoms with Gasteiger partial charge in [0, 0.05) is 21.6 Å². The molecule has 4 nitrogen and oxygen atoms in total. The number of rotatable bonds is 0. The van der Waals surface area contributed by atoms with Crippen molar-refractivity contribution in [2.45, 2.75) is 0 Å². The van der Waals surface area contributed by atoms with Crippen molar-refractivity contribution >= 4 is 46.7 Å². The van der Waals surface area contributed by atoms with Gasteiger partial charge in [-0.1, -0.05) is 11.6 Å². The smallest absolute Gasteiger partial charge is 0.314 e. The Morgan fingerprint density at radius 3 is 2.53 bits per heavy atom. The molecule has 0 saturated carbocycles. The SMILES string of the molecule is Clc1c(Br)ccc2[nH]ccc12.O=[PH](O)O. The van der Waals surface area contributed by atoms with Crippen LogP contribution in [0.4, 0.5) is 0 Å². The number of hydrogen-bond acceptors (Lipinski definition) is 1. The van der Waals surface area contributed by atoms with Crippen molar-refractivity contribution in [3.63, 3.8) is 0 Å². The topological polar surface area (TPSA) is 73.3 Å². The summed E-state index contributed by atoms with van der Waals surface area (Å²) >= 11 is 9.36. The fourth-order valence-corrected chi connectivity index (χ4v) is 1.64. The molecule has 0 aliphatic carbocycles. The first kappa shape index (κ1) is 12.7. The summed E-state index contributed by atoms with van der Waals surface area (Å²) in [7, 11) is -3.13. The van der Waals surface area contributed by atoms with Crippen LogP contribution in [-0.2, 0) is 4.57 Å². The Kier molecular flexibility index (Phi) is 4.83. The summed E-state index contributed by atoms with van der Waals surface area (Å²) in [4.78, 5) is 17.4. The molecular weight excluding hydrogens is 304 g/mol. The van der Waals surface area contributed by atoms with E-state index in [9.17, 15) is 0 Å². The van der Waals surface area contributed by atoms with Crippen LogP contribution < -0.4 is 0 Å². The fraction of sp³-hybridized carbons (Fsp3) is 0. The summed E-state index contributed by atoms with van der Waals surface area (Å²) in [5.41, 5.74) is 1.07. The summed E-state index contributed by atoms with van der Waals surface area (Å²) in [6.45, 7) is 0. The van der Waals surface area contributed by atoms with Crippen LogP contribution in [0.2, 0.25) is 5.02 Å². The molecular formula is C8H8BrClNO3P. The predicted molar refractivity (Wildman–Crippen MR) is 64.4 cm³/mol. The number of aromatic amines is 1. The molecule has 0 fully saturated rings. The highest BCUT2D eigenvalue weighted by molar-refractivity contribution is 9.10. The summed E-state index contributed by atoms with van der Waals surface area (Å²) in [5.74, 6) is 0. The van der Waals surface area contributed by atoms with Crippen LogP contribution in [0, 0.1) is 0 Å². The monoisotopic (exact) mass is 311 g/mol. The maximum Gasteiger partial charge on any atom is 0.314 e. The number of H-pyrrole nitrogens is 1. The molecule has 0 aliphatic heterocycles. The zero-order chi connectivity index (χ0) is 11.4. The van der Waals surface area contributed by atoms with Crippen molar-refractivity contribution in [2.24, 2.45) is 0 Å². The van der Waals surface area contributed by atoms with E-state index in [2.05, 4.69) is 20.9 Å². The lowest BCUT2D eigenvalue weighted by atomic mass is 10.2. The average molecular weight is 312 g/mol. The molecule has 0 bridgehead atoms. The van der Waals surface area contributed by atoms with Crippen molar-refractivity contribution in [3.8, 4) is 0 Å². The maximum absolute atomic E-state index is 8.74. The molecule has 15 heavy (non-hydrogen) atoms. The van der Waals surface area contributed by atoms with Crippen molar-refractivity contribution in [1.82, 2.24) is 4.98 Å². The van der Waals surface area contributed by atoms with E-state index in [1.165, 1.54) is 0 Å². The Hall–Kier alpha value is -0.320. The molecule has 82 valence electrons. The van der Waals surface area contributed by atoms with Gasteiger partial charge in [-0.15, -0.1) is 0 Å². The Morgan fingerprint density at radius 2 is 1.93 bits per heavy atom. The molecule has 0 atom stereocenters. The molecule has 0 saturated heterocycles. The second kappa shape index (κ2) is 5.68. The van der Waals surface area contributed by atoms with E-state index in [4.69, 9.17) is 26.0 Å². The largest absolute Gasteiger partial charge is 0.361 e. The van der Waals surface area contributed by atoms with Gasteiger partial charge in [-0.05, 0) is 34.1 Å². The minimum atomic E-state index is -3.13. The van der Waals surface area contributed by atoms with Crippen LogP contribution in [0.15, 0.2) is 28.9 Å². The van der Waals surface area contributed by atoms with Crippen LogP contribution in [0.1, 0.15) is 0 Å². The van der Waals surface area contributed by atoms with Gasteiger partial charge in [0.1, 0.15) is 0 Å². The van der Waals surface area contributed by atoms with Gasteiger partial charge in [0.15, 0.2) is 0 Å². The number of hydrogen-bond donors (Lipinski definition) is 3. The molecule has 1 aromatic carbocycles. The van der Waals surface area contributed by atoms with Gasteiger partial charge in [0.05, 0.1) is 5.02 Å². The molecule has 0 spiro atoms. The Bertz CT molecular complexity index is 484. The third kappa shape index (κ3) is 3.63. The molecule has 0 amide bonds. The Balaban J connectivity index is 0.000000245. The van der Waals surface area contributed by atoms with Crippen LogP contribution >= 0.6 is 35.8 Å². The average Bonchev–Trinajstić information content (AvgIpc) is 2.59. The van der Waals surface area contributed by atoms with Gasteiger partial charge >= 0.3 is 8.25 Å². The first-order valence-electron chi connectivity index (χ1n) is 3.85. The van der Waals surface area contributed by atoms with Crippen LogP contribution in [0.25, 0.3) is 10.9 Å². The number of fused-ring (bicyclic) bond motifs is 1. The molecule has 0 unspecified atom stereocenters. The molecule has 0 aliphatic rings. The minimum Gasteiger partial charge on any atom is -0.361 e. The Morgan fingerprint density at radius 1 is 1.33 bits per heavy atom. The number of benzene rings is 1. The highest BCUT2D eigenvalue weighted by Crippen LogP contribution is 2.29. The van der Waals surface area contributed by atoms with E-state index in [0.29, 0.717) is 0 Å². The third-order valence-electron chi connectivity index (χ3n) is 1.62. The molecule has 1 heterocycles. The van der Waals surface area contributed by atoms with E-state index in [1.807, 2.05) is 24.4 Å². The van der Waals surface area contributed by atoms with E-state index in [1.54, 1.807) is 0 Å². The minimum absolute atomic E-state index is 0.767. The van der Waals surface area contributed by atoms with Gasteiger partial charge in [-0.3, -0.25) is 4.57 Å². The second-order valence-electron chi connectivity index (χ2n) is 2.58. The first-order chi connectivity index (χ1) is 7.02. The lowest BCUT2D eigenvalue weighted by Gasteiger charge is -1.95. The summed E-state index contributed by atoms with van der Waals surface area (Å²) in [5, 5.41) is 1.82. The zero-order valence-electron chi connectivity index (χ0n) is 7.37. The van der Waals surface area contributed by atoms with Crippen molar-refractivity contribution in [2.75, 3.05) is 0 Å². The van der Waals surface area contributed by atoms with Gasteiger partial charge in [0.25, 0.3) is 0 Å². The van der Waals surface area contributed by atoms with Crippen LogP contribution in [-0.4, -0.2) is 14.8 Å². The van der Waals surface area contributed by atoms with Gasteiger partial charge in [-0.25, -0.2) is 0 Å². The van der Waals surface area contributed by atoms with Gasteiger partial charge in [0.2, 0.25) is 0 Å². The molecule has 1 aromatic heterocycles. The van der Waals surface area contributed by atoms with Gasteiger partial charge in [-0.2, -0.15) is 0 Å². The standard InChI is InChI=1S/C8H5BrClN.H3O3P/c9-6-1-2-7-5(8(6)10)3-4-11-7;1-4(2)3/h1-4,11H;4H,(H2,1,2,3). The highest BCUT2D eigenvalue weighted by atomic mass is 79.9. The fourth-order valence-electron chi connectivity index (χ4n) is 1.07. The first-order valence-corrected chi connectivity index (χ1v) is 6.32. The van der Waals surface area contributed by atoms with Crippen molar-refractivity contribution in [1.29, 1.82) is 0 Å². The summed E-state index contributed by atoms with van der Waals surface area (Å²) < 4.78 is 9.68.